The van der Waals surface area contributed by atoms with E-state index in [0.29, 0.717) is 26.1 Å². The van der Waals surface area contributed by atoms with Gasteiger partial charge >= 0.3 is 0 Å². The van der Waals surface area contributed by atoms with Gasteiger partial charge in [0.15, 0.2) is 0 Å². The molecule has 4 N–H and O–H groups in total. The molecule has 2 saturated heterocycles. The van der Waals surface area contributed by atoms with E-state index in [1.165, 1.54) is 18.2 Å². The molecule has 2 aliphatic heterocycles. The summed E-state index contributed by atoms with van der Waals surface area (Å²) in [7, 11) is 0. The Bertz CT molecular complexity index is 1170. The van der Waals surface area contributed by atoms with Crippen molar-refractivity contribution in [2.45, 2.75) is 63.2 Å². The zero-order valence-electron chi connectivity index (χ0n) is 22.4. The summed E-state index contributed by atoms with van der Waals surface area (Å²) in [6.45, 7) is 5.78. The van der Waals surface area contributed by atoms with E-state index >= 15 is 0 Å². The Morgan fingerprint density at radius 2 is 1.82 bits per heavy atom. The standard InChI is InChI=1S/C29H37F2N5O3/c1-18-17-35(19(2)26(27(32)37)22-6-3-4-7-23(22)31)14-15-36(18)29(39)25(16-20-9-11-21(30)12-10-20)34-28(38)24-8-5-13-33-24/h3-4,6-7,9-12,18-19,24-26,33H,5,8,13-17H2,1-2H3,(H2,32,37)(H,34,38). The molecular formula is C29H37F2N5O3. The van der Waals surface area contributed by atoms with E-state index in [9.17, 15) is 23.2 Å². The largest absolute Gasteiger partial charge is 0.369 e. The number of hydrogen-bond donors (Lipinski definition) is 3. The maximum atomic E-state index is 14.5. The third-order valence-corrected chi connectivity index (χ3v) is 7.89. The molecule has 3 amide bonds. The van der Waals surface area contributed by atoms with Crippen LogP contribution in [-0.2, 0) is 20.8 Å². The van der Waals surface area contributed by atoms with Gasteiger partial charge in [0.2, 0.25) is 17.7 Å². The number of rotatable bonds is 9. The average Bonchev–Trinajstić information content (AvgIpc) is 3.45. The molecule has 0 bridgehead atoms. The smallest absolute Gasteiger partial charge is 0.245 e. The summed E-state index contributed by atoms with van der Waals surface area (Å²) < 4.78 is 28.0. The van der Waals surface area contributed by atoms with E-state index in [1.54, 1.807) is 35.2 Å². The monoisotopic (exact) mass is 541 g/mol. The predicted octanol–water partition coefficient (Wildman–Crippen LogP) is 1.93. The van der Waals surface area contributed by atoms with Gasteiger partial charge in [0.25, 0.3) is 0 Å². The molecule has 0 aliphatic carbocycles. The number of benzene rings is 2. The van der Waals surface area contributed by atoms with Crippen molar-refractivity contribution in [3.63, 3.8) is 0 Å². The fourth-order valence-corrected chi connectivity index (χ4v) is 5.71. The maximum Gasteiger partial charge on any atom is 0.245 e. The molecular weight excluding hydrogens is 504 g/mol. The third-order valence-electron chi connectivity index (χ3n) is 7.89. The molecule has 2 fully saturated rings. The predicted molar refractivity (Wildman–Crippen MR) is 144 cm³/mol. The molecule has 0 spiro atoms. The lowest BCUT2D eigenvalue weighted by atomic mass is 9.89. The molecule has 5 unspecified atom stereocenters. The Morgan fingerprint density at radius 3 is 2.44 bits per heavy atom. The highest BCUT2D eigenvalue weighted by atomic mass is 19.1. The molecule has 39 heavy (non-hydrogen) atoms. The number of amides is 3. The SMILES string of the molecule is CC(C(C(N)=O)c1ccccc1F)N1CCN(C(=O)C(Cc2ccc(F)cc2)NC(=O)C2CCCN2)C(C)C1. The Morgan fingerprint density at radius 1 is 1.10 bits per heavy atom. The summed E-state index contributed by atoms with van der Waals surface area (Å²) in [5.41, 5.74) is 6.71. The van der Waals surface area contributed by atoms with Crippen molar-refractivity contribution in [1.82, 2.24) is 20.4 Å². The van der Waals surface area contributed by atoms with Gasteiger partial charge in [-0.25, -0.2) is 8.78 Å². The van der Waals surface area contributed by atoms with Crippen LogP contribution in [0.2, 0.25) is 0 Å². The number of nitrogens with one attached hydrogen (secondary N) is 2. The lowest BCUT2D eigenvalue weighted by Crippen LogP contribution is -2.61. The highest BCUT2D eigenvalue weighted by Gasteiger charge is 2.38. The lowest BCUT2D eigenvalue weighted by Gasteiger charge is -2.45. The quantitative estimate of drug-likeness (QED) is 0.450. The Labute approximate surface area is 227 Å². The average molecular weight is 542 g/mol. The van der Waals surface area contributed by atoms with Crippen molar-refractivity contribution in [2.24, 2.45) is 5.73 Å². The summed E-state index contributed by atoms with van der Waals surface area (Å²) in [6, 6.07) is 10.3. The van der Waals surface area contributed by atoms with Crippen LogP contribution in [0.1, 0.15) is 43.7 Å². The van der Waals surface area contributed by atoms with Crippen LogP contribution in [0, 0.1) is 11.6 Å². The van der Waals surface area contributed by atoms with Gasteiger partial charge in [0, 0.05) is 43.7 Å². The molecule has 10 heteroatoms. The topological polar surface area (TPSA) is 108 Å². The molecule has 2 heterocycles. The normalized spacial score (nSPS) is 22.2. The third kappa shape index (κ3) is 6.80. The molecule has 8 nitrogen and oxygen atoms in total. The van der Waals surface area contributed by atoms with Crippen molar-refractivity contribution in [2.75, 3.05) is 26.2 Å². The second-order valence-electron chi connectivity index (χ2n) is 10.6. The minimum Gasteiger partial charge on any atom is -0.369 e. The van der Waals surface area contributed by atoms with E-state index in [0.717, 1.165) is 18.5 Å². The fraction of sp³-hybridized carbons (Fsp3) is 0.483. The van der Waals surface area contributed by atoms with Crippen LogP contribution in [0.4, 0.5) is 8.78 Å². The van der Waals surface area contributed by atoms with E-state index in [2.05, 4.69) is 10.6 Å². The van der Waals surface area contributed by atoms with Crippen LogP contribution in [0.3, 0.4) is 0 Å². The first-order chi connectivity index (χ1) is 18.7. The molecule has 0 radical (unpaired) electrons. The summed E-state index contributed by atoms with van der Waals surface area (Å²) >= 11 is 0. The van der Waals surface area contributed by atoms with Crippen molar-refractivity contribution in [3.8, 4) is 0 Å². The van der Waals surface area contributed by atoms with Crippen molar-refractivity contribution < 1.29 is 23.2 Å². The van der Waals surface area contributed by atoms with Crippen LogP contribution in [0.15, 0.2) is 48.5 Å². The van der Waals surface area contributed by atoms with Crippen LogP contribution < -0.4 is 16.4 Å². The van der Waals surface area contributed by atoms with Crippen molar-refractivity contribution >= 4 is 17.7 Å². The Balaban J connectivity index is 1.47. The van der Waals surface area contributed by atoms with Gasteiger partial charge in [-0.15, -0.1) is 0 Å². The number of primary amides is 1. The lowest BCUT2D eigenvalue weighted by molar-refractivity contribution is -0.141. The molecule has 2 aliphatic rings. The number of halogens is 2. The minimum absolute atomic E-state index is 0.217. The number of carbonyl (C=O) groups excluding carboxylic acids is 3. The molecule has 5 atom stereocenters. The molecule has 4 rings (SSSR count). The number of nitrogens with zero attached hydrogens (tertiary/aromatic N) is 2. The van der Waals surface area contributed by atoms with E-state index in [-0.39, 0.29) is 47.7 Å². The first-order valence-corrected chi connectivity index (χ1v) is 13.5. The zero-order chi connectivity index (χ0) is 28.1. The molecule has 210 valence electrons. The van der Waals surface area contributed by atoms with Crippen LogP contribution in [0.5, 0.6) is 0 Å². The van der Waals surface area contributed by atoms with Crippen LogP contribution in [-0.4, -0.2) is 77.9 Å². The number of piperazine rings is 1. The highest BCUT2D eigenvalue weighted by Crippen LogP contribution is 2.28. The van der Waals surface area contributed by atoms with Crippen LogP contribution >= 0.6 is 0 Å². The van der Waals surface area contributed by atoms with Gasteiger partial charge in [-0.1, -0.05) is 30.3 Å². The zero-order valence-corrected chi connectivity index (χ0v) is 22.4. The number of nitrogens with two attached hydrogens (primary N) is 1. The number of hydrogen-bond acceptors (Lipinski definition) is 5. The van der Waals surface area contributed by atoms with Gasteiger partial charge in [-0.05, 0) is 57.0 Å². The maximum absolute atomic E-state index is 14.5. The van der Waals surface area contributed by atoms with Crippen LogP contribution in [0.25, 0.3) is 0 Å². The minimum atomic E-state index is -0.843. The fourth-order valence-electron chi connectivity index (χ4n) is 5.71. The Hall–Kier alpha value is -3.37. The second-order valence-corrected chi connectivity index (χ2v) is 10.6. The van der Waals surface area contributed by atoms with Gasteiger partial charge in [-0.3, -0.25) is 19.3 Å². The van der Waals surface area contributed by atoms with E-state index in [1.807, 2.05) is 18.7 Å². The van der Waals surface area contributed by atoms with Gasteiger partial charge < -0.3 is 21.3 Å². The van der Waals surface area contributed by atoms with E-state index in [4.69, 9.17) is 5.73 Å². The highest BCUT2D eigenvalue weighted by molar-refractivity contribution is 5.90. The van der Waals surface area contributed by atoms with Crippen molar-refractivity contribution in [1.29, 1.82) is 0 Å². The summed E-state index contributed by atoms with van der Waals surface area (Å²) in [6.07, 6.45) is 1.84. The molecule has 0 aromatic heterocycles. The first kappa shape index (κ1) is 28.6. The van der Waals surface area contributed by atoms with Crippen molar-refractivity contribution in [3.05, 3.63) is 71.3 Å². The summed E-state index contributed by atoms with van der Waals surface area (Å²) in [5.74, 6) is -2.74. The van der Waals surface area contributed by atoms with E-state index < -0.39 is 23.7 Å². The Kier molecular flexibility index (Phi) is 9.29. The summed E-state index contributed by atoms with van der Waals surface area (Å²) in [5, 5.41) is 6.09. The molecule has 0 saturated carbocycles. The number of carbonyl (C=O) groups is 3. The first-order valence-electron chi connectivity index (χ1n) is 13.5. The second kappa shape index (κ2) is 12.7. The van der Waals surface area contributed by atoms with Gasteiger partial charge in [0.1, 0.15) is 17.7 Å². The van der Waals surface area contributed by atoms with Gasteiger partial charge in [-0.2, -0.15) is 0 Å². The molecule has 2 aromatic rings. The molecule has 2 aromatic carbocycles. The summed E-state index contributed by atoms with van der Waals surface area (Å²) in [4.78, 5) is 42.9. The van der Waals surface area contributed by atoms with Gasteiger partial charge in [0.05, 0.1) is 12.0 Å².